The zero-order valence-corrected chi connectivity index (χ0v) is 12.1. The van der Waals surface area contributed by atoms with Gasteiger partial charge >= 0.3 is 0 Å². The Bertz CT molecular complexity index is 570. The lowest BCUT2D eigenvalue weighted by molar-refractivity contribution is 0.0784. The molecule has 0 spiro atoms. The highest BCUT2D eigenvalue weighted by Gasteiger charge is 2.13. The van der Waals surface area contributed by atoms with Gasteiger partial charge in [0.15, 0.2) is 0 Å². The highest BCUT2D eigenvalue weighted by molar-refractivity contribution is 9.11. The van der Waals surface area contributed by atoms with Crippen LogP contribution < -0.4 is 0 Å². The van der Waals surface area contributed by atoms with Crippen molar-refractivity contribution in [3.63, 3.8) is 0 Å². The molecular formula is C13H11BrFNOS. The monoisotopic (exact) mass is 327 g/mol. The van der Waals surface area contributed by atoms with Gasteiger partial charge in [-0.2, -0.15) is 0 Å². The molecule has 1 heterocycles. The number of carbonyl (C=O) groups excluding carboxylic acids is 1. The SMILES string of the molecule is CN(Cc1csc(Br)c1)C(=O)c1cccc(F)c1. The molecule has 1 aromatic heterocycles. The molecule has 0 aliphatic heterocycles. The van der Waals surface area contributed by atoms with Crippen molar-refractivity contribution < 1.29 is 9.18 Å². The van der Waals surface area contributed by atoms with Crippen LogP contribution in [0.25, 0.3) is 0 Å². The van der Waals surface area contributed by atoms with Crippen molar-refractivity contribution in [1.29, 1.82) is 0 Å². The molecule has 0 aliphatic carbocycles. The number of nitrogens with zero attached hydrogens (tertiary/aromatic N) is 1. The third kappa shape index (κ3) is 3.17. The van der Waals surface area contributed by atoms with Crippen molar-refractivity contribution in [2.45, 2.75) is 6.54 Å². The minimum atomic E-state index is -0.396. The fourth-order valence-corrected chi connectivity index (χ4v) is 2.82. The van der Waals surface area contributed by atoms with Gasteiger partial charge in [0.2, 0.25) is 0 Å². The maximum absolute atomic E-state index is 13.0. The van der Waals surface area contributed by atoms with Gasteiger partial charge in [-0.05, 0) is 51.1 Å². The molecule has 94 valence electrons. The third-order valence-corrected chi connectivity index (χ3v) is 4.01. The predicted octanol–water partition coefficient (Wildman–Crippen LogP) is 3.92. The predicted molar refractivity (Wildman–Crippen MR) is 74.2 cm³/mol. The molecule has 0 atom stereocenters. The van der Waals surface area contributed by atoms with Crippen LogP contribution in [0.5, 0.6) is 0 Å². The fourth-order valence-electron chi connectivity index (χ4n) is 1.62. The van der Waals surface area contributed by atoms with Gasteiger partial charge in [0.25, 0.3) is 5.91 Å². The number of hydrogen-bond donors (Lipinski definition) is 0. The van der Waals surface area contributed by atoms with Gasteiger partial charge in [-0.3, -0.25) is 4.79 Å². The second-order valence-electron chi connectivity index (χ2n) is 3.93. The van der Waals surface area contributed by atoms with Gasteiger partial charge in [0.1, 0.15) is 5.82 Å². The number of hydrogen-bond acceptors (Lipinski definition) is 2. The lowest BCUT2D eigenvalue weighted by Gasteiger charge is -2.16. The molecule has 0 N–H and O–H groups in total. The summed E-state index contributed by atoms with van der Waals surface area (Å²) in [5.74, 6) is -0.579. The molecule has 2 rings (SSSR count). The highest BCUT2D eigenvalue weighted by atomic mass is 79.9. The van der Waals surface area contributed by atoms with Gasteiger partial charge in [0.05, 0.1) is 3.79 Å². The van der Waals surface area contributed by atoms with Crippen molar-refractivity contribution in [1.82, 2.24) is 4.90 Å². The summed E-state index contributed by atoms with van der Waals surface area (Å²) in [6, 6.07) is 7.71. The van der Waals surface area contributed by atoms with E-state index in [4.69, 9.17) is 0 Å². The van der Waals surface area contributed by atoms with Crippen LogP contribution in [0.1, 0.15) is 15.9 Å². The van der Waals surface area contributed by atoms with E-state index in [-0.39, 0.29) is 5.91 Å². The Morgan fingerprint density at radius 1 is 1.44 bits per heavy atom. The molecular weight excluding hydrogens is 317 g/mol. The van der Waals surface area contributed by atoms with Crippen molar-refractivity contribution >= 4 is 33.2 Å². The maximum atomic E-state index is 13.0. The van der Waals surface area contributed by atoms with E-state index in [0.717, 1.165) is 9.35 Å². The van der Waals surface area contributed by atoms with Crippen molar-refractivity contribution in [3.8, 4) is 0 Å². The first-order valence-corrected chi connectivity index (χ1v) is 6.97. The Labute approximate surface area is 117 Å². The molecule has 5 heteroatoms. The highest BCUT2D eigenvalue weighted by Crippen LogP contribution is 2.21. The molecule has 0 saturated carbocycles. The van der Waals surface area contributed by atoms with Crippen LogP contribution >= 0.6 is 27.3 Å². The number of rotatable bonds is 3. The van der Waals surface area contributed by atoms with Crippen LogP contribution in [-0.4, -0.2) is 17.9 Å². The van der Waals surface area contributed by atoms with Crippen molar-refractivity contribution in [2.75, 3.05) is 7.05 Å². The van der Waals surface area contributed by atoms with E-state index in [1.807, 2.05) is 11.4 Å². The van der Waals surface area contributed by atoms with E-state index in [1.54, 1.807) is 29.4 Å². The summed E-state index contributed by atoms with van der Waals surface area (Å²) in [5.41, 5.74) is 1.42. The van der Waals surface area contributed by atoms with Gasteiger partial charge in [0, 0.05) is 19.2 Å². The normalized spacial score (nSPS) is 10.4. The quantitative estimate of drug-likeness (QED) is 0.836. The van der Waals surface area contributed by atoms with E-state index < -0.39 is 5.82 Å². The Morgan fingerprint density at radius 3 is 2.83 bits per heavy atom. The van der Waals surface area contributed by atoms with Crippen LogP contribution in [0, 0.1) is 5.82 Å². The van der Waals surface area contributed by atoms with Crippen molar-refractivity contribution in [3.05, 3.63) is 56.4 Å². The summed E-state index contributed by atoms with van der Waals surface area (Å²) in [6.45, 7) is 0.511. The molecule has 18 heavy (non-hydrogen) atoms. The molecule has 2 aromatic rings. The van der Waals surface area contributed by atoms with Gasteiger partial charge < -0.3 is 4.90 Å². The number of carbonyl (C=O) groups is 1. The van der Waals surface area contributed by atoms with Crippen LogP contribution in [0.4, 0.5) is 4.39 Å². The summed E-state index contributed by atoms with van der Waals surface area (Å²) >= 11 is 4.95. The van der Waals surface area contributed by atoms with Crippen molar-refractivity contribution in [2.24, 2.45) is 0 Å². The number of thiophene rings is 1. The summed E-state index contributed by atoms with van der Waals surface area (Å²) < 4.78 is 14.1. The average molecular weight is 328 g/mol. The number of halogens is 2. The first kappa shape index (κ1) is 13.2. The molecule has 0 saturated heterocycles. The molecule has 1 aromatic carbocycles. The van der Waals surface area contributed by atoms with Crippen LogP contribution in [-0.2, 0) is 6.54 Å². The minimum Gasteiger partial charge on any atom is -0.337 e. The third-order valence-electron chi connectivity index (χ3n) is 2.46. The minimum absolute atomic E-state index is 0.183. The van der Waals surface area contributed by atoms with E-state index in [2.05, 4.69) is 15.9 Å². The molecule has 1 amide bonds. The van der Waals surface area contributed by atoms with Gasteiger partial charge in [-0.15, -0.1) is 11.3 Å². The largest absolute Gasteiger partial charge is 0.337 e. The Kier molecular flexibility index (Phi) is 4.14. The average Bonchev–Trinajstić information content (AvgIpc) is 2.73. The standard InChI is InChI=1S/C13H11BrFNOS/c1-16(7-9-5-12(14)18-8-9)13(17)10-3-2-4-11(15)6-10/h2-6,8H,7H2,1H3. The first-order chi connectivity index (χ1) is 8.56. The zero-order chi connectivity index (χ0) is 13.1. The maximum Gasteiger partial charge on any atom is 0.253 e. The van der Waals surface area contributed by atoms with E-state index in [0.29, 0.717) is 12.1 Å². The summed E-state index contributed by atoms with van der Waals surface area (Å²) in [7, 11) is 1.71. The molecule has 0 bridgehead atoms. The summed E-state index contributed by atoms with van der Waals surface area (Å²) in [6.07, 6.45) is 0. The fraction of sp³-hybridized carbons (Fsp3) is 0.154. The summed E-state index contributed by atoms with van der Waals surface area (Å²) in [4.78, 5) is 13.6. The Morgan fingerprint density at radius 2 is 2.22 bits per heavy atom. The molecule has 0 radical (unpaired) electrons. The number of amides is 1. The first-order valence-electron chi connectivity index (χ1n) is 5.30. The lowest BCUT2D eigenvalue weighted by atomic mass is 10.2. The lowest BCUT2D eigenvalue weighted by Crippen LogP contribution is -2.26. The van der Waals surface area contributed by atoms with Gasteiger partial charge in [-0.25, -0.2) is 4.39 Å². The topological polar surface area (TPSA) is 20.3 Å². The molecule has 0 unspecified atom stereocenters. The number of benzene rings is 1. The van der Waals surface area contributed by atoms with Gasteiger partial charge in [-0.1, -0.05) is 6.07 Å². The Balaban J connectivity index is 2.09. The summed E-state index contributed by atoms with van der Waals surface area (Å²) in [5, 5.41) is 1.99. The zero-order valence-electron chi connectivity index (χ0n) is 9.69. The second kappa shape index (κ2) is 5.63. The molecule has 2 nitrogen and oxygen atoms in total. The second-order valence-corrected chi connectivity index (χ2v) is 6.22. The van der Waals surface area contributed by atoms with E-state index in [9.17, 15) is 9.18 Å². The molecule has 0 fully saturated rings. The van der Waals surface area contributed by atoms with Crippen LogP contribution in [0.3, 0.4) is 0 Å². The Hall–Kier alpha value is -1.20. The van der Waals surface area contributed by atoms with E-state index in [1.165, 1.54) is 18.2 Å². The van der Waals surface area contributed by atoms with E-state index >= 15 is 0 Å². The van der Waals surface area contributed by atoms with Crippen LogP contribution in [0.2, 0.25) is 0 Å². The smallest absolute Gasteiger partial charge is 0.253 e. The molecule has 0 aliphatic rings. The van der Waals surface area contributed by atoms with Crippen LogP contribution in [0.15, 0.2) is 39.5 Å².